The van der Waals surface area contributed by atoms with Crippen LogP contribution in [0, 0.1) is 0 Å². The summed E-state index contributed by atoms with van der Waals surface area (Å²) in [6.45, 7) is 4.43. The van der Waals surface area contributed by atoms with Gasteiger partial charge in [0.1, 0.15) is 16.5 Å². The smallest absolute Gasteiger partial charge is 0.406 e. The van der Waals surface area contributed by atoms with E-state index in [4.69, 9.17) is 0 Å². The van der Waals surface area contributed by atoms with E-state index < -0.39 is 6.36 Å². The molecule has 0 saturated carbocycles. The van der Waals surface area contributed by atoms with Gasteiger partial charge in [0.25, 0.3) is 5.91 Å². The molecule has 170 valence electrons. The second kappa shape index (κ2) is 9.29. The predicted octanol–water partition coefficient (Wildman–Crippen LogP) is 4.11. The number of amides is 1. The van der Waals surface area contributed by atoms with Crippen LogP contribution in [0.2, 0.25) is 0 Å². The van der Waals surface area contributed by atoms with Crippen LogP contribution in [0.25, 0.3) is 16.3 Å². The summed E-state index contributed by atoms with van der Waals surface area (Å²) < 4.78 is 42.4. The summed E-state index contributed by atoms with van der Waals surface area (Å²) in [5.74, 6) is -0.374. The van der Waals surface area contributed by atoms with Crippen molar-refractivity contribution in [2.24, 2.45) is 0 Å². The van der Waals surface area contributed by atoms with Crippen LogP contribution in [0.15, 0.2) is 42.0 Å². The van der Waals surface area contributed by atoms with Crippen LogP contribution in [0.5, 0.6) is 5.75 Å². The number of nitrogens with one attached hydrogen (secondary N) is 1. The lowest BCUT2D eigenvalue weighted by Crippen LogP contribution is -2.42. The molecule has 0 radical (unpaired) electrons. The Morgan fingerprint density at radius 3 is 2.78 bits per heavy atom. The highest BCUT2D eigenvalue weighted by Crippen LogP contribution is 2.27. The van der Waals surface area contributed by atoms with E-state index in [1.54, 1.807) is 17.8 Å². The number of alkyl halides is 3. The van der Waals surface area contributed by atoms with Gasteiger partial charge < -0.3 is 15.0 Å². The number of ether oxygens (including phenoxy) is 1. The van der Waals surface area contributed by atoms with Gasteiger partial charge in [0, 0.05) is 36.3 Å². The molecule has 1 aliphatic rings. The van der Waals surface area contributed by atoms with Gasteiger partial charge in [0.2, 0.25) is 0 Å². The molecule has 7 nitrogen and oxygen atoms in total. The summed E-state index contributed by atoms with van der Waals surface area (Å²) in [7, 11) is 0. The highest BCUT2D eigenvalue weighted by atomic mass is 32.1. The van der Waals surface area contributed by atoms with Crippen molar-refractivity contribution in [2.75, 3.05) is 19.6 Å². The third-order valence-electron chi connectivity index (χ3n) is 5.09. The second-order valence-corrected chi connectivity index (χ2v) is 8.26. The van der Waals surface area contributed by atoms with Crippen molar-refractivity contribution in [1.82, 2.24) is 25.0 Å². The van der Waals surface area contributed by atoms with Crippen molar-refractivity contribution >= 4 is 17.2 Å². The monoisotopic (exact) mass is 465 g/mol. The maximum Gasteiger partial charge on any atom is 0.573 e. The van der Waals surface area contributed by atoms with Gasteiger partial charge in [-0.2, -0.15) is 5.10 Å². The van der Waals surface area contributed by atoms with Gasteiger partial charge in [-0.3, -0.25) is 4.79 Å². The van der Waals surface area contributed by atoms with E-state index in [0.29, 0.717) is 28.5 Å². The standard InChI is InChI=1S/C21H22F3N5O2S/c1-2-9-28(16-7-8-25-11-16)20(30)18-13-32-19(27-18)14-10-26-29(12-14)15-3-5-17(6-4-15)31-21(22,23)24/h3-6,10,12-13,16,25H,2,7-9,11H2,1H3/t16-/m1/s1. The number of carbonyl (C=O) groups is 1. The van der Waals surface area contributed by atoms with Crippen LogP contribution < -0.4 is 10.1 Å². The molecule has 1 aliphatic heterocycles. The summed E-state index contributed by atoms with van der Waals surface area (Å²) >= 11 is 1.35. The fraction of sp³-hybridized carbons (Fsp3) is 0.381. The lowest BCUT2D eigenvalue weighted by molar-refractivity contribution is -0.274. The zero-order valence-electron chi connectivity index (χ0n) is 17.3. The average Bonchev–Trinajstić information content (AvgIpc) is 3.52. The largest absolute Gasteiger partial charge is 0.573 e. The van der Waals surface area contributed by atoms with Crippen molar-refractivity contribution in [3.8, 4) is 22.0 Å². The molecular weight excluding hydrogens is 443 g/mol. The first kappa shape index (κ1) is 22.3. The van der Waals surface area contributed by atoms with Gasteiger partial charge in [-0.25, -0.2) is 9.67 Å². The van der Waals surface area contributed by atoms with E-state index in [1.807, 2.05) is 11.8 Å². The maximum absolute atomic E-state index is 13.1. The van der Waals surface area contributed by atoms with E-state index in [1.165, 1.54) is 40.3 Å². The SMILES string of the molecule is CCCN(C(=O)c1csc(-c2cnn(-c3ccc(OC(F)(F)F)cc3)c2)n1)[C@@H]1CCNC1. The molecule has 11 heteroatoms. The Kier molecular flexibility index (Phi) is 6.47. The number of hydrogen-bond donors (Lipinski definition) is 1. The molecule has 0 bridgehead atoms. The normalized spacial score (nSPS) is 16.3. The van der Waals surface area contributed by atoms with Crippen molar-refractivity contribution in [2.45, 2.75) is 32.2 Å². The molecule has 3 heterocycles. The Morgan fingerprint density at radius 1 is 1.34 bits per heavy atom. The lowest BCUT2D eigenvalue weighted by Gasteiger charge is -2.27. The van der Waals surface area contributed by atoms with Gasteiger partial charge in [-0.1, -0.05) is 6.92 Å². The van der Waals surface area contributed by atoms with E-state index in [0.717, 1.165) is 25.9 Å². The predicted molar refractivity (Wildman–Crippen MR) is 114 cm³/mol. The van der Waals surface area contributed by atoms with E-state index in [2.05, 4.69) is 20.1 Å². The minimum Gasteiger partial charge on any atom is -0.406 e. The van der Waals surface area contributed by atoms with Crippen LogP contribution in [0.1, 0.15) is 30.3 Å². The number of rotatable bonds is 7. The molecule has 0 unspecified atom stereocenters. The first-order valence-corrected chi connectivity index (χ1v) is 11.1. The first-order valence-electron chi connectivity index (χ1n) is 10.2. The highest BCUT2D eigenvalue weighted by molar-refractivity contribution is 7.13. The van der Waals surface area contributed by atoms with Gasteiger partial charge in [-0.05, 0) is 43.7 Å². The molecule has 3 aromatic rings. The molecule has 4 rings (SSSR count). The molecule has 1 fully saturated rings. The quantitative estimate of drug-likeness (QED) is 0.569. The highest BCUT2D eigenvalue weighted by Gasteiger charge is 2.31. The first-order chi connectivity index (χ1) is 15.3. The third-order valence-corrected chi connectivity index (χ3v) is 5.98. The summed E-state index contributed by atoms with van der Waals surface area (Å²) in [5, 5.41) is 9.96. The summed E-state index contributed by atoms with van der Waals surface area (Å²) in [6.07, 6.45) is 0.401. The summed E-state index contributed by atoms with van der Waals surface area (Å²) in [5.41, 5.74) is 1.70. The average molecular weight is 466 g/mol. The number of benzene rings is 1. The fourth-order valence-electron chi connectivity index (χ4n) is 3.62. The molecule has 1 amide bonds. The van der Waals surface area contributed by atoms with E-state index in [-0.39, 0.29) is 17.7 Å². The Morgan fingerprint density at radius 2 is 2.12 bits per heavy atom. The van der Waals surface area contributed by atoms with Crippen molar-refractivity contribution < 1.29 is 22.7 Å². The molecule has 0 aliphatic carbocycles. The Bertz CT molecular complexity index is 1060. The Labute approximate surface area is 186 Å². The Hall–Kier alpha value is -2.92. The molecule has 1 atom stereocenters. The number of hydrogen-bond acceptors (Lipinski definition) is 6. The summed E-state index contributed by atoms with van der Waals surface area (Å²) in [6, 6.07) is 5.59. The summed E-state index contributed by atoms with van der Waals surface area (Å²) in [4.78, 5) is 19.5. The zero-order chi connectivity index (χ0) is 22.7. The molecular formula is C21H22F3N5O2S. The molecule has 1 saturated heterocycles. The van der Waals surface area contributed by atoms with Gasteiger partial charge in [0.05, 0.1) is 11.9 Å². The van der Waals surface area contributed by atoms with Crippen molar-refractivity contribution in [3.05, 3.63) is 47.7 Å². The lowest BCUT2D eigenvalue weighted by atomic mass is 10.2. The van der Waals surface area contributed by atoms with Crippen LogP contribution in [-0.2, 0) is 0 Å². The third kappa shape index (κ3) is 5.10. The number of nitrogens with zero attached hydrogens (tertiary/aromatic N) is 4. The van der Waals surface area contributed by atoms with Crippen LogP contribution in [0.4, 0.5) is 13.2 Å². The fourth-order valence-corrected chi connectivity index (χ4v) is 4.39. The van der Waals surface area contributed by atoms with Crippen molar-refractivity contribution in [1.29, 1.82) is 0 Å². The van der Waals surface area contributed by atoms with Crippen LogP contribution >= 0.6 is 11.3 Å². The minimum absolute atomic E-state index is 0.0734. The molecule has 1 N–H and O–H groups in total. The molecule has 1 aromatic carbocycles. The number of thiazole rings is 1. The second-order valence-electron chi connectivity index (χ2n) is 7.40. The van der Waals surface area contributed by atoms with Crippen molar-refractivity contribution in [3.63, 3.8) is 0 Å². The van der Waals surface area contributed by atoms with Gasteiger partial charge in [0.15, 0.2) is 0 Å². The molecule has 32 heavy (non-hydrogen) atoms. The zero-order valence-corrected chi connectivity index (χ0v) is 18.1. The van der Waals surface area contributed by atoms with Crippen LogP contribution in [0.3, 0.4) is 0 Å². The van der Waals surface area contributed by atoms with Gasteiger partial charge >= 0.3 is 6.36 Å². The Balaban J connectivity index is 1.48. The number of halogens is 3. The van der Waals surface area contributed by atoms with Gasteiger partial charge in [-0.15, -0.1) is 24.5 Å². The topological polar surface area (TPSA) is 72.3 Å². The molecule has 0 spiro atoms. The number of aromatic nitrogens is 3. The van der Waals surface area contributed by atoms with E-state index >= 15 is 0 Å². The van der Waals surface area contributed by atoms with Crippen LogP contribution in [-0.4, -0.2) is 57.6 Å². The molecule has 2 aromatic heterocycles. The maximum atomic E-state index is 13.1. The number of carbonyl (C=O) groups excluding carboxylic acids is 1. The minimum atomic E-state index is -4.73. The van der Waals surface area contributed by atoms with E-state index in [9.17, 15) is 18.0 Å².